The average molecular weight is 300 g/mol. The highest BCUT2D eigenvalue weighted by atomic mass is 16.5. The van der Waals surface area contributed by atoms with Crippen LogP contribution in [0.5, 0.6) is 5.75 Å². The predicted molar refractivity (Wildman–Crippen MR) is 93.5 cm³/mol. The molecule has 1 aromatic heterocycles. The van der Waals surface area contributed by atoms with Gasteiger partial charge in [-0.1, -0.05) is 48.5 Å². The van der Waals surface area contributed by atoms with E-state index in [9.17, 15) is 0 Å². The van der Waals surface area contributed by atoms with E-state index in [1.807, 2.05) is 36.4 Å². The first-order valence-corrected chi connectivity index (χ1v) is 7.53. The molecule has 4 rings (SSSR count). The van der Waals surface area contributed by atoms with E-state index in [2.05, 4.69) is 46.6 Å². The molecule has 0 radical (unpaired) electrons. The summed E-state index contributed by atoms with van der Waals surface area (Å²) in [4.78, 5) is 0. The Bertz CT molecular complexity index is 958. The van der Waals surface area contributed by atoms with Gasteiger partial charge < -0.3 is 4.74 Å². The lowest BCUT2D eigenvalue weighted by atomic mass is 10.0. The first-order chi connectivity index (χ1) is 11.3. The maximum absolute atomic E-state index is 5.32. The summed E-state index contributed by atoms with van der Waals surface area (Å²) in [6.45, 7) is 0. The summed E-state index contributed by atoms with van der Waals surface area (Å²) in [5, 5.41) is 8.72. The number of aromatic nitrogens is 2. The quantitative estimate of drug-likeness (QED) is 0.584. The Morgan fingerprint density at radius 3 is 2.39 bits per heavy atom. The lowest BCUT2D eigenvalue weighted by molar-refractivity contribution is 0.415. The fraction of sp³-hybridized carbons (Fsp3) is 0.0500. The summed E-state index contributed by atoms with van der Waals surface area (Å²) in [5.74, 6) is 0.859. The summed E-state index contributed by atoms with van der Waals surface area (Å²) < 4.78 is 5.32. The second-order valence-electron chi connectivity index (χ2n) is 5.43. The molecule has 0 saturated carbocycles. The highest BCUT2D eigenvalue weighted by molar-refractivity contribution is 5.95. The zero-order valence-corrected chi connectivity index (χ0v) is 12.8. The molecule has 0 unspecified atom stereocenters. The van der Waals surface area contributed by atoms with Crippen molar-refractivity contribution in [3.05, 3.63) is 72.8 Å². The Balaban J connectivity index is 1.87. The van der Waals surface area contributed by atoms with Gasteiger partial charge in [-0.05, 0) is 35.4 Å². The van der Waals surface area contributed by atoms with Gasteiger partial charge in [0.1, 0.15) is 5.75 Å². The van der Waals surface area contributed by atoms with Gasteiger partial charge in [-0.3, -0.25) is 5.10 Å². The molecular weight excluding hydrogens is 284 g/mol. The molecule has 0 atom stereocenters. The van der Waals surface area contributed by atoms with E-state index in [4.69, 9.17) is 4.74 Å². The second kappa shape index (κ2) is 5.61. The highest BCUT2D eigenvalue weighted by Gasteiger charge is 2.09. The topological polar surface area (TPSA) is 37.9 Å². The van der Waals surface area contributed by atoms with E-state index >= 15 is 0 Å². The zero-order chi connectivity index (χ0) is 15.6. The van der Waals surface area contributed by atoms with E-state index in [1.54, 1.807) is 7.11 Å². The average Bonchev–Trinajstić information content (AvgIpc) is 3.05. The molecule has 0 aliphatic heterocycles. The van der Waals surface area contributed by atoms with Gasteiger partial charge in [-0.25, -0.2) is 0 Å². The molecule has 1 N–H and O–H groups in total. The third-order valence-corrected chi connectivity index (χ3v) is 4.01. The Morgan fingerprint density at radius 2 is 1.57 bits per heavy atom. The van der Waals surface area contributed by atoms with Crippen LogP contribution in [-0.4, -0.2) is 17.3 Å². The monoisotopic (exact) mass is 300 g/mol. The van der Waals surface area contributed by atoms with Crippen molar-refractivity contribution in [2.75, 3.05) is 7.11 Å². The summed E-state index contributed by atoms with van der Waals surface area (Å²) in [7, 11) is 1.69. The van der Waals surface area contributed by atoms with E-state index < -0.39 is 0 Å². The van der Waals surface area contributed by atoms with Crippen molar-refractivity contribution in [3.63, 3.8) is 0 Å². The maximum atomic E-state index is 5.32. The Hall–Kier alpha value is -3.07. The molecular formula is C20H16N2O. The number of hydrogen-bond donors (Lipinski definition) is 1. The molecule has 3 aromatic carbocycles. The van der Waals surface area contributed by atoms with Gasteiger partial charge in [-0.15, -0.1) is 0 Å². The molecule has 4 aromatic rings. The first-order valence-electron chi connectivity index (χ1n) is 7.53. The van der Waals surface area contributed by atoms with Crippen molar-refractivity contribution in [2.45, 2.75) is 0 Å². The van der Waals surface area contributed by atoms with Crippen LogP contribution in [0.3, 0.4) is 0 Å². The molecule has 1 heterocycles. The van der Waals surface area contributed by atoms with Crippen molar-refractivity contribution >= 4 is 10.9 Å². The van der Waals surface area contributed by atoms with Crippen LogP contribution in [0.2, 0.25) is 0 Å². The van der Waals surface area contributed by atoms with Crippen LogP contribution < -0.4 is 4.74 Å². The second-order valence-corrected chi connectivity index (χ2v) is 5.43. The Morgan fingerprint density at radius 1 is 0.783 bits per heavy atom. The summed E-state index contributed by atoms with van der Waals surface area (Å²) in [6.07, 6.45) is 0. The van der Waals surface area contributed by atoms with Gasteiger partial charge >= 0.3 is 0 Å². The number of fused-ring (bicyclic) bond motifs is 1. The van der Waals surface area contributed by atoms with Gasteiger partial charge in [0.05, 0.1) is 18.3 Å². The SMILES string of the molecule is COc1cccc(-c2ccc3[nH]nc(-c4ccccc4)c3c2)c1. The van der Waals surface area contributed by atoms with E-state index in [-0.39, 0.29) is 0 Å². The summed E-state index contributed by atoms with van der Waals surface area (Å²) in [6, 6.07) is 24.7. The largest absolute Gasteiger partial charge is 0.497 e. The minimum absolute atomic E-state index is 0.859. The van der Waals surface area contributed by atoms with Crippen molar-refractivity contribution in [1.82, 2.24) is 10.2 Å². The number of benzene rings is 3. The van der Waals surface area contributed by atoms with Crippen LogP contribution in [0.15, 0.2) is 72.8 Å². The van der Waals surface area contributed by atoms with Gasteiger partial charge in [0.15, 0.2) is 0 Å². The molecule has 0 aliphatic rings. The molecule has 0 saturated heterocycles. The summed E-state index contributed by atoms with van der Waals surface area (Å²) >= 11 is 0. The third-order valence-electron chi connectivity index (χ3n) is 4.01. The van der Waals surface area contributed by atoms with Crippen LogP contribution in [0.1, 0.15) is 0 Å². The zero-order valence-electron chi connectivity index (χ0n) is 12.8. The molecule has 3 nitrogen and oxygen atoms in total. The van der Waals surface area contributed by atoms with Crippen molar-refractivity contribution in [2.24, 2.45) is 0 Å². The van der Waals surface area contributed by atoms with Gasteiger partial charge in [0, 0.05) is 10.9 Å². The van der Waals surface area contributed by atoms with E-state index in [1.165, 1.54) is 0 Å². The maximum Gasteiger partial charge on any atom is 0.119 e. The third kappa shape index (κ3) is 2.46. The number of H-pyrrole nitrogens is 1. The minimum Gasteiger partial charge on any atom is -0.497 e. The highest BCUT2D eigenvalue weighted by Crippen LogP contribution is 2.31. The van der Waals surface area contributed by atoms with Crippen LogP contribution in [0, 0.1) is 0 Å². The first kappa shape index (κ1) is 13.6. The van der Waals surface area contributed by atoms with Crippen LogP contribution >= 0.6 is 0 Å². The van der Waals surface area contributed by atoms with Gasteiger partial charge in [0.2, 0.25) is 0 Å². The number of ether oxygens (including phenoxy) is 1. The lowest BCUT2D eigenvalue weighted by Gasteiger charge is -2.05. The Labute approximate surface area is 134 Å². The predicted octanol–water partition coefficient (Wildman–Crippen LogP) is 4.91. The number of hydrogen-bond acceptors (Lipinski definition) is 2. The Kier molecular flexibility index (Phi) is 3.31. The fourth-order valence-electron chi connectivity index (χ4n) is 2.81. The molecule has 0 fully saturated rings. The van der Waals surface area contributed by atoms with Crippen molar-refractivity contribution in [3.8, 4) is 28.1 Å². The van der Waals surface area contributed by atoms with Crippen LogP contribution in [0.25, 0.3) is 33.3 Å². The fourth-order valence-corrected chi connectivity index (χ4v) is 2.81. The van der Waals surface area contributed by atoms with E-state index in [0.717, 1.165) is 39.0 Å². The number of methoxy groups -OCH3 is 1. The molecule has 23 heavy (non-hydrogen) atoms. The molecule has 3 heteroatoms. The van der Waals surface area contributed by atoms with Crippen LogP contribution in [-0.2, 0) is 0 Å². The standard InChI is InChI=1S/C20H16N2O/c1-23-17-9-5-8-15(12-17)16-10-11-19-18(13-16)20(22-21-19)14-6-3-2-4-7-14/h2-13H,1H3,(H,21,22). The van der Waals surface area contributed by atoms with Gasteiger partial charge in [0.25, 0.3) is 0 Å². The number of aromatic amines is 1. The van der Waals surface area contributed by atoms with Crippen LogP contribution in [0.4, 0.5) is 0 Å². The molecule has 112 valence electrons. The summed E-state index contributed by atoms with van der Waals surface area (Å²) in [5.41, 5.74) is 5.41. The molecule has 0 spiro atoms. The van der Waals surface area contributed by atoms with Gasteiger partial charge in [-0.2, -0.15) is 5.10 Å². The van der Waals surface area contributed by atoms with Crippen molar-refractivity contribution < 1.29 is 4.74 Å². The van der Waals surface area contributed by atoms with Crippen molar-refractivity contribution in [1.29, 1.82) is 0 Å². The van der Waals surface area contributed by atoms with E-state index in [0.29, 0.717) is 0 Å². The number of nitrogens with zero attached hydrogens (tertiary/aromatic N) is 1. The molecule has 0 aliphatic carbocycles. The normalized spacial score (nSPS) is 10.8. The lowest BCUT2D eigenvalue weighted by Crippen LogP contribution is -1.84. The smallest absolute Gasteiger partial charge is 0.119 e. The number of nitrogens with one attached hydrogen (secondary N) is 1. The number of rotatable bonds is 3. The minimum atomic E-state index is 0.859. The molecule has 0 amide bonds. The molecule has 0 bridgehead atoms.